The van der Waals surface area contributed by atoms with Crippen LogP contribution in [0.5, 0.6) is 0 Å². The van der Waals surface area contributed by atoms with E-state index in [9.17, 15) is 4.79 Å². The summed E-state index contributed by atoms with van der Waals surface area (Å²) in [5, 5.41) is 0. The number of aromatic nitrogens is 1. The summed E-state index contributed by atoms with van der Waals surface area (Å²) in [5.41, 5.74) is 4.47. The third kappa shape index (κ3) is 2.19. The maximum Gasteiger partial charge on any atom is 0.172 e. The molecule has 1 aliphatic heterocycles. The van der Waals surface area contributed by atoms with Gasteiger partial charge in [-0.25, -0.2) is 9.98 Å². The number of aliphatic imine (C=N–C) groups is 1. The first-order valence-corrected chi connectivity index (χ1v) is 6.29. The highest BCUT2D eigenvalue weighted by Crippen LogP contribution is 2.26. The Balaban J connectivity index is 2.12. The lowest BCUT2D eigenvalue weighted by atomic mass is 9.97. The van der Waals surface area contributed by atoms with E-state index < -0.39 is 0 Å². The zero-order chi connectivity index (χ0) is 13.4. The van der Waals surface area contributed by atoms with E-state index in [0.717, 1.165) is 22.5 Å². The average molecular weight is 250 g/mol. The second-order valence-electron chi connectivity index (χ2n) is 4.85. The van der Waals surface area contributed by atoms with Gasteiger partial charge in [0.15, 0.2) is 11.6 Å². The molecule has 0 unspecified atom stereocenters. The fraction of sp³-hybridized carbons (Fsp3) is 0.188. The predicted octanol–water partition coefficient (Wildman–Crippen LogP) is 3.41. The summed E-state index contributed by atoms with van der Waals surface area (Å²) in [4.78, 5) is 21.1. The fourth-order valence-corrected chi connectivity index (χ4v) is 2.25. The lowest BCUT2D eigenvalue weighted by Crippen LogP contribution is -2.15. The molecular formula is C16H14N2O. The van der Waals surface area contributed by atoms with Crippen LogP contribution in [0, 0.1) is 13.8 Å². The molecule has 0 atom stereocenters. The van der Waals surface area contributed by atoms with Crippen LogP contribution >= 0.6 is 0 Å². The molecule has 3 rings (SSSR count). The number of nitrogens with zero attached hydrogens (tertiary/aromatic N) is 2. The number of hydrogen-bond donors (Lipinski definition) is 0. The number of ketones is 1. The number of hydrogen-bond acceptors (Lipinski definition) is 3. The van der Waals surface area contributed by atoms with Crippen LogP contribution in [0.2, 0.25) is 0 Å². The number of aryl methyl sites for hydroxylation is 2. The Morgan fingerprint density at radius 1 is 1.11 bits per heavy atom. The third-order valence-electron chi connectivity index (χ3n) is 3.23. The van der Waals surface area contributed by atoms with Crippen LogP contribution in [0.1, 0.15) is 33.6 Å². The van der Waals surface area contributed by atoms with E-state index in [-0.39, 0.29) is 5.78 Å². The molecule has 0 amide bonds. The van der Waals surface area contributed by atoms with Gasteiger partial charge in [0.25, 0.3) is 0 Å². The molecule has 3 nitrogen and oxygen atoms in total. The standard InChI is InChI=1S/C16H14N2O/c1-10-4-3-5-12(8-10)14-9-15(19)13-7-6-11(2)17-16(13)18-14/h3-8H,9H2,1-2H3. The van der Waals surface area contributed by atoms with Gasteiger partial charge in [-0.05, 0) is 31.5 Å². The Morgan fingerprint density at radius 2 is 1.95 bits per heavy atom. The quantitative estimate of drug-likeness (QED) is 0.778. The molecule has 2 heterocycles. The van der Waals surface area contributed by atoms with Gasteiger partial charge in [-0.1, -0.05) is 29.8 Å². The van der Waals surface area contributed by atoms with Crippen LogP contribution in [0.4, 0.5) is 5.82 Å². The molecule has 3 heteroatoms. The number of Topliss-reactive ketones (excluding diaryl/α,β-unsaturated/α-hetero) is 1. The van der Waals surface area contributed by atoms with Gasteiger partial charge in [0.2, 0.25) is 0 Å². The fourth-order valence-electron chi connectivity index (χ4n) is 2.25. The first kappa shape index (κ1) is 11.8. The molecule has 0 spiro atoms. The Labute approximate surface area is 112 Å². The van der Waals surface area contributed by atoms with Crippen LogP contribution in [0.15, 0.2) is 41.4 Å². The van der Waals surface area contributed by atoms with Crippen molar-refractivity contribution >= 4 is 17.3 Å². The van der Waals surface area contributed by atoms with Gasteiger partial charge >= 0.3 is 0 Å². The molecule has 0 radical (unpaired) electrons. The minimum Gasteiger partial charge on any atom is -0.294 e. The van der Waals surface area contributed by atoms with E-state index in [4.69, 9.17) is 0 Å². The number of pyridine rings is 1. The van der Waals surface area contributed by atoms with Gasteiger partial charge in [-0.15, -0.1) is 0 Å². The summed E-state index contributed by atoms with van der Waals surface area (Å²) in [6, 6.07) is 11.7. The molecule has 0 saturated carbocycles. The summed E-state index contributed by atoms with van der Waals surface area (Å²) in [5.74, 6) is 0.641. The van der Waals surface area contributed by atoms with Crippen molar-refractivity contribution in [3.63, 3.8) is 0 Å². The van der Waals surface area contributed by atoms with E-state index in [1.165, 1.54) is 0 Å². The topological polar surface area (TPSA) is 42.3 Å². The van der Waals surface area contributed by atoms with Crippen molar-refractivity contribution in [2.75, 3.05) is 0 Å². The zero-order valence-corrected chi connectivity index (χ0v) is 11.0. The Hall–Kier alpha value is -2.29. The summed E-state index contributed by atoms with van der Waals surface area (Å²) >= 11 is 0. The van der Waals surface area contributed by atoms with Gasteiger partial charge in [-0.2, -0.15) is 0 Å². The molecule has 1 aromatic carbocycles. The minimum absolute atomic E-state index is 0.0917. The predicted molar refractivity (Wildman–Crippen MR) is 75.3 cm³/mol. The number of carbonyl (C=O) groups excluding carboxylic acids is 1. The molecule has 0 N–H and O–H groups in total. The second-order valence-corrected chi connectivity index (χ2v) is 4.85. The molecule has 2 aromatic rings. The monoisotopic (exact) mass is 250 g/mol. The van der Waals surface area contributed by atoms with Crippen LogP contribution in [-0.4, -0.2) is 16.5 Å². The van der Waals surface area contributed by atoms with Gasteiger partial charge in [-0.3, -0.25) is 4.79 Å². The van der Waals surface area contributed by atoms with Crippen molar-refractivity contribution < 1.29 is 4.79 Å². The maximum absolute atomic E-state index is 12.1. The summed E-state index contributed by atoms with van der Waals surface area (Å²) in [6.07, 6.45) is 0.348. The van der Waals surface area contributed by atoms with Gasteiger partial charge < -0.3 is 0 Å². The average Bonchev–Trinajstić information content (AvgIpc) is 2.38. The van der Waals surface area contributed by atoms with E-state index in [0.29, 0.717) is 17.8 Å². The van der Waals surface area contributed by atoms with Crippen molar-refractivity contribution in [2.45, 2.75) is 20.3 Å². The molecule has 0 saturated heterocycles. The van der Waals surface area contributed by atoms with Crippen LogP contribution < -0.4 is 0 Å². The largest absolute Gasteiger partial charge is 0.294 e. The van der Waals surface area contributed by atoms with Gasteiger partial charge in [0, 0.05) is 5.69 Å². The van der Waals surface area contributed by atoms with Gasteiger partial charge in [0.1, 0.15) is 0 Å². The first-order valence-electron chi connectivity index (χ1n) is 6.29. The molecule has 1 aliphatic rings. The Morgan fingerprint density at radius 3 is 2.74 bits per heavy atom. The van der Waals surface area contributed by atoms with Gasteiger partial charge in [0.05, 0.1) is 17.7 Å². The molecular weight excluding hydrogens is 236 g/mol. The SMILES string of the molecule is Cc1cccc(C2=Nc3nc(C)ccc3C(=O)C2)c1. The first-order chi connectivity index (χ1) is 9.13. The Bertz CT molecular complexity index is 702. The summed E-state index contributed by atoms with van der Waals surface area (Å²) in [6.45, 7) is 3.94. The summed E-state index contributed by atoms with van der Waals surface area (Å²) in [7, 11) is 0. The zero-order valence-electron chi connectivity index (χ0n) is 11.0. The molecule has 0 aliphatic carbocycles. The van der Waals surface area contributed by atoms with Crippen molar-refractivity contribution in [1.29, 1.82) is 0 Å². The van der Waals surface area contributed by atoms with E-state index in [1.54, 1.807) is 0 Å². The highest BCUT2D eigenvalue weighted by atomic mass is 16.1. The number of rotatable bonds is 1. The molecule has 0 fully saturated rings. The van der Waals surface area contributed by atoms with E-state index in [2.05, 4.69) is 9.98 Å². The molecule has 19 heavy (non-hydrogen) atoms. The second kappa shape index (κ2) is 4.43. The van der Waals surface area contributed by atoms with Crippen LogP contribution in [0.3, 0.4) is 0 Å². The maximum atomic E-state index is 12.1. The number of benzene rings is 1. The van der Waals surface area contributed by atoms with Crippen molar-refractivity contribution in [2.24, 2.45) is 4.99 Å². The van der Waals surface area contributed by atoms with E-state index >= 15 is 0 Å². The van der Waals surface area contributed by atoms with E-state index in [1.807, 2.05) is 50.2 Å². The third-order valence-corrected chi connectivity index (χ3v) is 3.23. The number of fused-ring (bicyclic) bond motifs is 1. The lowest BCUT2D eigenvalue weighted by molar-refractivity contribution is 0.0999. The Kier molecular flexibility index (Phi) is 2.75. The number of carbonyl (C=O) groups is 1. The van der Waals surface area contributed by atoms with Crippen LogP contribution in [0.25, 0.3) is 0 Å². The highest BCUT2D eigenvalue weighted by Gasteiger charge is 2.21. The van der Waals surface area contributed by atoms with Crippen LogP contribution in [-0.2, 0) is 0 Å². The minimum atomic E-state index is 0.0917. The lowest BCUT2D eigenvalue weighted by Gasteiger charge is -2.14. The van der Waals surface area contributed by atoms with Crippen molar-refractivity contribution in [3.05, 3.63) is 58.8 Å². The smallest absolute Gasteiger partial charge is 0.172 e. The van der Waals surface area contributed by atoms with Crippen molar-refractivity contribution in [3.8, 4) is 0 Å². The highest BCUT2D eigenvalue weighted by molar-refractivity contribution is 6.20. The summed E-state index contributed by atoms with van der Waals surface area (Å²) < 4.78 is 0. The molecule has 1 aromatic heterocycles. The molecule has 0 bridgehead atoms. The normalized spacial score (nSPS) is 14.0. The van der Waals surface area contributed by atoms with Crippen molar-refractivity contribution in [1.82, 2.24) is 4.98 Å². The molecule has 94 valence electrons.